The minimum absolute atomic E-state index is 0.185. The molecule has 1 aromatic carbocycles. The van der Waals surface area contributed by atoms with Crippen molar-refractivity contribution in [1.29, 1.82) is 5.41 Å². The van der Waals surface area contributed by atoms with Crippen LogP contribution in [0.3, 0.4) is 0 Å². The van der Waals surface area contributed by atoms with E-state index in [2.05, 4.69) is 4.98 Å². The molecule has 3 aromatic rings. The number of pyridine rings is 2. The number of hydrogen-bond donors (Lipinski definition) is 3. The van der Waals surface area contributed by atoms with Crippen molar-refractivity contribution in [3.05, 3.63) is 47.4 Å². The summed E-state index contributed by atoms with van der Waals surface area (Å²) in [5.41, 5.74) is 11.2. The number of benzene rings is 1. The van der Waals surface area contributed by atoms with Crippen molar-refractivity contribution in [3.63, 3.8) is 0 Å². The van der Waals surface area contributed by atoms with Gasteiger partial charge in [0.1, 0.15) is 12.2 Å². The molecule has 9 nitrogen and oxygen atoms in total. The van der Waals surface area contributed by atoms with Gasteiger partial charge in [0.25, 0.3) is 5.91 Å². The molecule has 9 heteroatoms. The van der Waals surface area contributed by atoms with E-state index in [9.17, 15) is 9.90 Å². The zero-order valence-electron chi connectivity index (χ0n) is 20.5. The molecule has 36 heavy (non-hydrogen) atoms. The maximum Gasteiger partial charge on any atom is 0.251 e. The Kier molecular flexibility index (Phi) is 6.59. The number of aliphatic hydroxyl groups is 1. The van der Waals surface area contributed by atoms with Crippen molar-refractivity contribution in [2.75, 3.05) is 32.0 Å². The number of likely N-dealkylation sites (tertiary alicyclic amines) is 1. The summed E-state index contributed by atoms with van der Waals surface area (Å²) >= 11 is 0. The number of aliphatic hydroxyl groups excluding tert-OH is 1. The predicted octanol–water partition coefficient (Wildman–Crippen LogP) is 3.05. The third kappa shape index (κ3) is 4.52. The number of nitrogens with one attached hydrogen (secondary N) is 1. The molecule has 1 amide bonds. The Bertz CT molecular complexity index is 1310. The summed E-state index contributed by atoms with van der Waals surface area (Å²) in [4.78, 5) is 23.1. The van der Waals surface area contributed by atoms with Crippen LogP contribution < -0.4 is 10.5 Å². The molecule has 2 aliphatic heterocycles. The van der Waals surface area contributed by atoms with E-state index in [1.165, 1.54) is 13.1 Å². The number of amides is 1. The third-order valence-corrected chi connectivity index (χ3v) is 6.95. The van der Waals surface area contributed by atoms with Crippen molar-refractivity contribution >= 4 is 28.6 Å². The van der Waals surface area contributed by atoms with E-state index in [1.54, 1.807) is 11.1 Å². The predicted molar refractivity (Wildman–Crippen MR) is 137 cm³/mol. The highest BCUT2D eigenvalue weighted by atomic mass is 16.5. The van der Waals surface area contributed by atoms with Crippen LogP contribution in [0.2, 0.25) is 0 Å². The van der Waals surface area contributed by atoms with Crippen LogP contribution in [0.4, 0.5) is 5.69 Å². The van der Waals surface area contributed by atoms with Gasteiger partial charge in [-0.2, -0.15) is 0 Å². The van der Waals surface area contributed by atoms with Gasteiger partial charge >= 0.3 is 0 Å². The Morgan fingerprint density at radius 1 is 1.28 bits per heavy atom. The van der Waals surface area contributed by atoms with E-state index in [-0.39, 0.29) is 17.9 Å². The molecule has 2 fully saturated rings. The van der Waals surface area contributed by atoms with Gasteiger partial charge < -0.3 is 30.6 Å². The number of ether oxygens (including phenoxy) is 2. The standard InChI is InChI=1S/C27H31N5O4/c1-15-9-18(3-6-30-15)24-21-10-19(12-28)23(29)11-22(21)26(31-25(24)17-4-7-35-8-5-17)36-20-13-32(14-20)27(34)16(2)33/h3,6,9-12,16-17,20,28,33H,4-5,7-8,13-14,29H2,1-2H3. The first-order valence-corrected chi connectivity index (χ1v) is 12.3. The van der Waals surface area contributed by atoms with E-state index >= 15 is 0 Å². The minimum atomic E-state index is -1.03. The lowest BCUT2D eigenvalue weighted by molar-refractivity contribution is -0.148. The second kappa shape index (κ2) is 9.83. The summed E-state index contributed by atoms with van der Waals surface area (Å²) in [5.74, 6) is 0.349. The number of hydrogen-bond acceptors (Lipinski definition) is 8. The van der Waals surface area contributed by atoms with Gasteiger partial charge in [-0.15, -0.1) is 0 Å². The number of aryl methyl sites for hydroxylation is 1. The zero-order valence-corrected chi connectivity index (χ0v) is 20.5. The molecule has 1 unspecified atom stereocenters. The van der Waals surface area contributed by atoms with Gasteiger partial charge in [-0.3, -0.25) is 9.78 Å². The molecule has 0 saturated carbocycles. The molecule has 2 saturated heterocycles. The average molecular weight is 490 g/mol. The molecule has 2 aliphatic rings. The Morgan fingerprint density at radius 2 is 2.03 bits per heavy atom. The van der Waals surface area contributed by atoms with E-state index < -0.39 is 6.10 Å². The van der Waals surface area contributed by atoms with Gasteiger partial charge in [-0.25, -0.2) is 4.98 Å². The molecule has 0 radical (unpaired) electrons. The van der Waals surface area contributed by atoms with E-state index in [0.717, 1.165) is 46.1 Å². The number of carbonyl (C=O) groups is 1. The van der Waals surface area contributed by atoms with Crippen molar-refractivity contribution in [2.45, 2.75) is 44.8 Å². The lowest BCUT2D eigenvalue weighted by Gasteiger charge is -2.39. The van der Waals surface area contributed by atoms with E-state index in [0.29, 0.717) is 43.4 Å². The summed E-state index contributed by atoms with van der Waals surface area (Å²) in [6, 6.07) is 7.79. The summed E-state index contributed by atoms with van der Waals surface area (Å²) in [6.07, 6.45) is 3.49. The topological polar surface area (TPSA) is 135 Å². The summed E-state index contributed by atoms with van der Waals surface area (Å²) in [5, 5.41) is 19.2. The number of rotatable bonds is 6. The van der Waals surface area contributed by atoms with Crippen LogP contribution in [-0.4, -0.2) is 70.6 Å². The number of fused-ring (bicyclic) bond motifs is 1. The van der Waals surface area contributed by atoms with E-state index in [1.807, 2.05) is 31.2 Å². The molecule has 188 valence electrons. The smallest absolute Gasteiger partial charge is 0.251 e. The number of nitrogens with zero attached hydrogens (tertiary/aromatic N) is 3. The monoisotopic (exact) mass is 489 g/mol. The maximum absolute atomic E-state index is 12.1. The highest BCUT2D eigenvalue weighted by Crippen LogP contribution is 2.43. The number of anilines is 1. The van der Waals surface area contributed by atoms with Crippen LogP contribution in [0, 0.1) is 12.3 Å². The Morgan fingerprint density at radius 3 is 2.69 bits per heavy atom. The van der Waals surface area contributed by atoms with Crippen LogP contribution >= 0.6 is 0 Å². The molecule has 0 bridgehead atoms. The van der Waals surface area contributed by atoms with Crippen LogP contribution in [0.15, 0.2) is 30.5 Å². The van der Waals surface area contributed by atoms with Gasteiger partial charge in [0.15, 0.2) is 0 Å². The van der Waals surface area contributed by atoms with Crippen LogP contribution in [0.1, 0.15) is 42.6 Å². The molecule has 4 heterocycles. The lowest BCUT2D eigenvalue weighted by Crippen LogP contribution is -2.58. The normalized spacial score (nSPS) is 17.6. The number of carbonyl (C=O) groups excluding carboxylic acids is 1. The highest BCUT2D eigenvalue weighted by Gasteiger charge is 2.35. The molecule has 5 rings (SSSR count). The van der Waals surface area contributed by atoms with Gasteiger partial charge in [-0.05, 0) is 61.9 Å². The summed E-state index contributed by atoms with van der Waals surface area (Å²) in [6.45, 7) is 5.54. The third-order valence-electron chi connectivity index (χ3n) is 6.95. The number of aromatic nitrogens is 2. The van der Waals surface area contributed by atoms with Gasteiger partial charge in [0.05, 0.1) is 18.8 Å². The number of nitrogen functional groups attached to an aromatic ring is 1. The molecule has 2 aromatic heterocycles. The average Bonchev–Trinajstić information content (AvgIpc) is 2.85. The Hall–Kier alpha value is -3.56. The second-order valence-electron chi connectivity index (χ2n) is 9.58. The molecular weight excluding hydrogens is 458 g/mol. The molecule has 0 spiro atoms. The van der Waals surface area contributed by atoms with Crippen molar-refractivity contribution in [2.24, 2.45) is 0 Å². The van der Waals surface area contributed by atoms with Crippen LogP contribution in [-0.2, 0) is 9.53 Å². The first-order chi connectivity index (χ1) is 17.4. The Balaban J connectivity index is 1.65. The van der Waals surface area contributed by atoms with Crippen LogP contribution in [0.25, 0.3) is 21.9 Å². The van der Waals surface area contributed by atoms with Crippen molar-refractivity contribution in [3.8, 4) is 17.0 Å². The van der Waals surface area contributed by atoms with Crippen molar-refractivity contribution in [1.82, 2.24) is 14.9 Å². The quantitative estimate of drug-likeness (QED) is 0.358. The molecule has 1 atom stereocenters. The number of nitrogens with two attached hydrogens (primary N) is 1. The fraction of sp³-hybridized carbons (Fsp3) is 0.407. The lowest BCUT2D eigenvalue weighted by atomic mass is 9.87. The zero-order chi connectivity index (χ0) is 25.4. The highest BCUT2D eigenvalue weighted by molar-refractivity contribution is 6.05. The fourth-order valence-corrected chi connectivity index (χ4v) is 4.98. The van der Waals surface area contributed by atoms with E-state index in [4.69, 9.17) is 25.6 Å². The fourth-order valence-electron chi connectivity index (χ4n) is 4.98. The Labute approximate surface area is 209 Å². The maximum atomic E-state index is 12.1. The van der Waals surface area contributed by atoms with Gasteiger partial charge in [0, 0.05) is 59.4 Å². The first kappa shape index (κ1) is 24.1. The molecule has 0 aliphatic carbocycles. The summed E-state index contributed by atoms with van der Waals surface area (Å²) in [7, 11) is 0. The van der Waals surface area contributed by atoms with Gasteiger partial charge in [-0.1, -0.05) is 0 Å². The molecule has 4 N–H and O–H groups in total. The van der Waals surface area contributed by atoms with Gasteiger partial charge in [0.2, 0.25) is 5.88 Å². The largest absolute Gasteiger partial charge is 0.470 e. The first-order valence-electron chi connectivity index (χ1n) is 12.3. The van der Waals surface area contributed by atoms with Crippen molar-refractivity contribution < 1.29 is 19.4 Å². The SMILES string of the molecule is Cc1cc(-c2c(C3CCOCC3)nc(OC3CN(C(=O)C(C)O)C3)c3cc(N)c(C=N)cc23)ccn1. The summed E-state index contributed by atoms with van der Waals surface area (Å²) < 4.78 is 12.0. The minimum Gasteiger partial charge on any atom is -0.470 e. The van der Waals surface area contributed by atoms with Crippen LogP contribution in [0.5, 0.6) is 5.88 Å². The second-order valence-corrected chi connectivity index (χ2v) is 9.58. The molecular formula is C27H31N5O4.